The molecule has 0 atom stereocenters. The number of nitrogens with zero attached hydrogens (tertiary/aromatic N) is 1. The van der Waals surface area contributed by atoms with Crippen LogP contribution in [0.3, 0.4) is 0 Å². The number of piperidine rings is 1. The van der Waals surface area contributed by atoms with Crippen LogP contribution in [0.15, 0.2) is 0 Å². The number of hydrogen-bond donors (Lipinski definition) is 1. The number of carbonyl (C=O) groups excluding carboxylic acids is 3. The molecule has 6 heteroatoms. The van der Waals surface area contributed by atoms with Gasteiger partial charge in [0.2, 0.25) is 5.91 Å². The van der Waals surface area contributed by atoms with Gasteiger partial charge in [-0.05, 0) is 19.8 Å². The predicted octanol–water partition coefficient (Wildman–Crippen LogP) is -0.727. The van der Waals surface area contributed by atoms with Gasteiger partial charge in [0.1, 0.15) is 0 Å². The minimum atomic E-state index is -0.833. The van der Waals surface area contributed by atoms with E-state index >= 15 is 0 Å². The molecule has 0 spiro atoms. The zero-order chi connectivity index (χ0) is 12.1. The number of hydrogen-bond acceptors (Lipinski definition) is 4. The lowest BCUT2D eigenvalue weighted by Gasteiger charge is -2.29. The topological polar surface area (TPSA) is 89.7 Å². The summed E-state index contributed by atoms with van der Waals surface area (Å²) in [4.78, 5) is 34.9. The molecule has 0 aromatic heterocycles. The smallest absolute Gasteiger partial charge is 0.397 e. The molecular formula is C10H16N2O4. The fourth-order valence-electron chi connectivity index (χ4n) is 1.69. The Morgan fingerprint density at radius 1 is 1.31 bits per heavy atom. The zero-order valence-corrected chi connectivity index (χ0v) is 9.27. The SMILES string of the molecule is CCOC(=O)C(=O)N1CCC(C(N)=O)CC1. The number of amides is 2. The first-order valence-corrected chi connectivity index (χ1v) is 5.31. The van der Waals surface area contributed by atoms with Crippen molar-refractivity contribution in [2.75, 3.05) is 19.7 Å². The van der Waals surface area contributed by atoms with Crippen LogP contribution in [0.4, 0.5) is 0 Å². The normalized spacial score (nSPS) is 16.9. The number of carbonyl (C=O) groups is 3. The predicted molar refractivity (Wildman–Crippen MR) is 55.1 cm³/mol. The maximum atomic E-state index is 11.5. The van der Waals surface area contributed by atoms with Gasteiger partial charge < -0.3 is 15.4 Å². The van der Waals surface area contributed by atoms with Crippen LogP contribution in [0.2, 0.25) is 0 Å². The quantitative estimate of drug-likeness (QED) is 0.498. The number of likely N-dealkylation sites (tertiary alicyclic amines) is 1. The maximum absolute atomic E-state index is 11.5. The van der Waals surface area contributed by atoms with E-state index in [0.717, 1.165) is 0 Å². The van der Waals surface area contributed by atoms with Crippen molar-refractivity contribution in [2.45, 2.75) is 19.8 Å². The van der Waals surface area contributed by atoms with E-state index in [1.165, 1.54) is 4.90 Å². The molecule has 0 bridgehead atoms. The molecule has 2 amide bonds. The first-order valence-electron chi connectivity index (χ1n) is 5.31. The molecule has 1 aliphatic heterocycles. The number of esters is 1. The minimum absolute atomic E-state index is 0.183. The summed E-state index contributed by atoms with van der Waals surface area (Å²) in [7, 11) is 0. The van der Waals surface area contributed by atoms with Crippen molar-refractivity contribution in [3.05, 3.63) is 0 Å². The Labute approximate surface area is 93.7 Å². The van der Waals surface area contributed by atoms with Gasteiger partial charge in [-0.1, -0.05) is 0 Å². The van der Waals surface area contributed by atoms with Crippen molar-refractivity contribution in [3.8, 4) is 0 Å². The van der Waals surface area contributed by atoms with Crippen molar-refractivity contribution in [1.29, 1.82) is 0 Å². The lowest BCUT2D eigenvalue weighted by Crippen LogP contribution is -2.44. The first kappa shape index (κ1) is 12.5. The fraction of sp³-hybridized carbons (Fsp3) is 0.700. The van der Waals surface area contributed by atoms with Gasteiger partial charge in [0, 0.05) is 19.0 Å². The van der Waals surface area contributed by atoms with Gasteiger partial charge in [-0.15, -0.1) is 0 Å². The number of rotatable bonds is 2. The Balaban J connectivity index is 2.44. The van der Waals surface area contributed by atoms with Crippen LogP contribution in [0, 0.1) is 5.92 Å². The Kier molecular flexibility index (Phi) is 4.28. The molecule has 16 heavy (non-hydrogen) atoms. The summed E-state index contributed by atoms with van der Waals surface area (Å²) >= 11 is 0. The minimum Gasteiger partial charge on any atom is -0.459 e. The van der Waals surface area contributed by atoms with Crippen molar-refractivity contribution in [1.82, 2.24) is 4.90 Å². The van der Waals surface area contributed by atoms with Crippen LogP contribution in [-0.4, -0.2) is 42.4 Å². The second-order valence-electron chi connectivity index (χ2n) is 3.69. The Hall–Kier alpha value is -1.59. The van der Waals surface area contributed by atoms with Gasteiger partial charge >= 0.3 is 11.9 Å². The molecule has 0 unspecified atom stereocenters. The number of ether oxygens (including phenoxy) is 1. The molecule has 0 saturated carbocycles. The molecule has 0 aromatic rings. The first-order chi connectivity index (χ1) is 7.56. The van der Waals surface area contributed by atoms with Gasteiger partial charge in [0.15, 0.2) is 0 Å². The highest BCUT2D eigenvalue weighted by atomic mass is 16.5. The van der Waals surface area contributed by atoms with Gasteiger partial charge in [0.25, 0.3) is 0 Å². The van der Waals surface area contributed by atoms with E-state index in [9.17, 15) is 14.4 Å². The maximum Gasteiger partial charge on any atom is 0.397 e. The molecule has 6 nitrogen and oxygen atoms in total. The molecule has 2 N–H and O–H groups in total. The summed E-state index contributed by atoms with van der Waals surface area (Å²) in [6, 6.07) is 0. The van der Waals surface area contributed by atoms with E-state index in [1.807, 2.05) is 0 Å². The van der Waals surface area contributed by atoms with Gasteiger partial charge in [-0.2, -0.15) is 0 Å². The Bertz CT molecular complexity index is 295. The van der Waals surface area contributed by atoms with Crippen molar-refractivity contribution < 1.29 is 19.1 Å². The van der Waals surface area contributed by atoms with Crippen LogP contribution >= 0.6 is 0 Å². The zero-order valence-electron chi connectivity index (χ0n) is 9.27. The van der Waals surface area contributed by atoms with Crippen LogP contribution in [0.1, 0.15) is 19.8 Å². The van der Waals surface area contributed by atoms with Crippen LogP contribution in [-0.2, 0) is 19.1 Å². The molecule has 1 saturated heterocycles. The largest absolute Gasteiger partial charge is 0.459 e. The van der Waals surface area contributed by atoms with Crippen LogP contribution in [0.25, 0.3) is 0 Å². The average molecular weight is 228 g/mol. The number of nitrogens with two attached hydrogens (primary N) is 1. The third-order valence-electron chi connectivity index (χ3n) is 2.63. The number of primary amides is 1. The highest BCUT2D eigenvalue weighted by molar-refractivity contribution is 6.32. The van der Waals surface area contributed by atoms with Gasteiger partial charge in [-0.25, -0.2) is 4.79 Å². The monoisotopic (exact) mass is 228 g/mol. The van der Waals surface area contributed by atoms with E-state index in [0.29, 0.717) is 25.9 Å². The molecule has 0 aliphatic carbocycles. The van der Waals surface area contributed by atoms with Crippen LogP contribution in [0.5, 0.6) is 0 Å². The fourth-order valence-corrected chi connectivity index (χ4v) is 1.69. The second kappa shape index (κ2) is 5.48. The van der Waals surface area contributed by atoms with E-state index in [2.05, 4.69) is 4.74 Å². The molecule has 0 aromatic carbocycles. The molecule has 1 rings (SSSR count). The van der Waals surface area contributed by atoms with Gasteiger partial charge in [0.05, 0.1) is 6.61 Å². The molecule has 1 fully saturated rings. The highest BCUT2D eigenvalue weighted by Gasteiger charge is 2.29. The Morgan fingerprint density at radius 2 is 1.88 bits per heavy atom. The van der Waals surface area contributed by atoms with Crippen LogP contribution < -0.4 is 5.73 Å². The molecular weight excluding hydrogens is 212 g/mol. The lowest BCUT2D eigenvalue weighted by molar-refractivity contribution is -0.160. The Morgan fingerprint density at radius 3 is 2.31 bits per heavy atom. The van der Waals surface area contributed by atoms with E-state index in [1.54, 1.807) is 6.92 Å². The van der Waals surface area contributed by atoms with Gasteiger partial charge in [-0.3, -0.25) is 9.59 Å². The van der Waals surface area contributed by atoms with Crippen molar-refractivity contribution in [3.63, 3.8) is 0 Å². The summed E-state index contributed by atoms with van der Waals surface area (Å²) in [6.45, 7) is 2.59. The summed E-state index contributed by atoms with van der Waals surface area (Å²) in [6.07, 6.45) is 1.03. The van der Waals surface area contributed by atoms with E-state index in [-0.39, 0.29) is 18.4 Å². The summed E-state index contributed by atoms with van der Waals surface area (Å²) < 4.78 is 4.61. The summed E-state index contributed by atoms with van der Waals surface area (Å²) in [5, 5.41) is 0. The van der Waals surface area contributed by atoms with Crippen molar-refractivity contribution in [2.24, 2.45) is 11.7 Å². The summed E-state index contributed by atoms with van der Waals surface area (Å²) in [5.74, 6) is -2.00. The highest BCUT2D eigenvalue weighted by Crippen LogP contribution is 2.16. The van der Waals surface area contributed by atoms with E-state index < -0.39 is 11.9 Å². The lowest BCUT2D eigenvalue weighted by atomic mass is 9.96. The van der Waals surface area contributed by atoms with Crippen molar-refractivity contribution >= 4 is 17.8 Å². The third-order valence-corrected chi connectivity index (χ3v) is 2.63. The van der Waals surface area contributed by atoms with E-state index in [4.69, 9.17) is 5.73 Å². The molecule has 1 heterocycles. The molecule has 1 aliphatic rings. The summed E-state index contributed by atoms with van der Waals surface area (Å²) in [5.41, 5.74) is 5.16. The third kappa shape index (κ3) is 2.95. The average Bonchev–Trinajstić information content (AvgIpc) is 2.28. The second-order valence-corrected chi connectivity index (χ2v) is 3.69. The molecule has 0 radical (unpaired) electrons. The molecule has 90 valence electrons. The standard InChI is InChI=1S/C10H16N2O4/c1-2-16-10(15)9(14)12-5-3-7(4-6-12)8(11)13/h7H,2-6H2,1H3,(H2,11,13).